The molecule has 0 atom stereocenters. The minimum atomic E-state index is 0. The van der Waals surface area contributed by atoms with Gasteiger partial charge in [-0.15, -0.1) is 24.0 Å². The standard InChI is InChI=1S/C20H28N4O.HI/c1-21-20(22-13-11-16-7-3-2-4-8-16)23-15-19(25)24-14-12-17-9-5-6-10-18(17)24;/h5-7,9-10H,2-4,8,11-15H2,1H3,(H2,21,22,23);1H. The number of fused-ring (bicyclic) bond motifs is 1. The van der Waals surface area contributed by atoms with Gasteiger partial charge in [-0.25, -0.2) is 0 Å². The van der Waals surface area contributed by atoms with E-state index in [0.29, 0.717) is 5.96 Å². The zero-order valence-corrected chi connectivity index (χ0v) is 17.8. The van der Waals surface area contributed by atoms with Gasteiger partial charge < -0.3 is 15.5 Å². The lowest BCUT2D eigenvalue weighted by Crippen LogP contribution is -2.44. The molecule has 6 heteroatoms. The number of rotatable bonds is 5. The molecular formula is C20H29IN4O. The average molecular weight is 468 g/mol. The van der Waals surface area contributed by atoms with Crippen molar-refractivity contribution in [1.29, 1.82) is 0 Å². The van der Waals surface area contributed by atoms with E-state index < -0.39 is 0 Å². The Morgan fingerprint density at radius 1 is 1.19 bits per heavy atom. The number of halogens is 1. The van der Waals surface area contributed by atoms with E-state index in [0.717, 1.165) is 31.6 Å². The smallest absolute Gasteiger partial charge is 0.246 e. The summed E-state index contributed by atoms with van der Waals surface area (Å²) in [7, 11) is 1.74. The van der Waals surface area contributed by atoms with Crippen LogP contribution in [0.4, 0.5) is 5.69 Å². The van der Waals surface area contributed by atoms with Crippen molar-refractivity contribution in [3.05, 3.63) is 41.5 Å². The van der Waals surface area contributed by atoms with Crippen LogP contribution < -0.4 is 15.5 Å². The fraction of sp³-hybridized carbons (Fsp3) is 0.500. The molecule has 0 aromatic heterocycles. The van der Waals surface area contributed by atoms with Crippen molar-refractivity contribution in [3.63, 3.8) is 0 Å². The maximum atomic E-state index is 12.5. The summed E-state index contributed by atoms with van der Waals surface area (Å²) >= 11 is 0. The number of nitrogens with zero attached hydrogens (tertiary/aromatic N) is 2. The molecule has 0 saturated heterocycles. The number of carbonyl (C=O) groups is 1. The van der Waals surface area contributed by atoms with Crippen molar-refractivity contribution in [2.45, 2.75) is 38.5 Å². The van der Waals surface area contributed by atoms with Gasteiger partial charge in [0.05, 0.1) is 6.54 Å². The van der Waals surface area contributed by atoms with Gasteiger partial charge in [0.25, 0.3) is 0 Å². The normalized spacial score (nSPS) is 16.4. The van der Waals surface area contributed by atoms with Gasteiger partial charge in [0.15, 0.2) is 5.96 Å². The number of hydrogen-bond donors (Lipinski definition) is 2. The molecule has 1 aromatic carbocycles. The number of aliphatic imine (C=N–C) groups is 1. The first kappa shape index (κ1) is 20.7. The van der Waals surface area contributed by atoms with Crippen LogP contribution in [0.15, 0.2) is 40.9 Å². The van der Waals surface area contributed by atoms with Crippen LogP contribution in [0.5, 0.6) is 0 Å². The van der Waals surface area contributed by atoms with Crippen molar-refractivity contribution in [1.82, 2.24) is 10.6 Å². The van der Waals surface area contributed by atoms with Crippen molar-refractivity contribution in [2.75, 3.05) is 31.6 Å². The molecule has 142 valence electrons. The van der Waals surface area contributed by atoms with Crippen molar-refractivity contribution < 1.29 is 4.79 Å². The molecule has 26 heavy (non-hydrogen) atoms. The Morgan fingerprint density at radius 3 is 2.81 bits per heavy atom. The van der Waals surface area contributed by atoms with Gasteiger partial charge >= 0.3 is 0 Å². The summed E-state index contributed by atoms with van der Waals surface area (Å²) in [6.07, 6.45) is 9.43. The summed E-state index contributed by atoms with van der Waals surface area (Å²) in [6.45, 7) is 1.88. The fourth-order valence-corrected chi connectivity index (χ4v) is 3.55. The summed E-state index contributed by atoms with van der Waals surface area (Å²) in [4.78, 5) is 18.6. The van der Waals surface area contributed by atoms with Gasteiger partial charge in [-0.05, 0) is 50.2 Å². The number of anilines is 1. The van der Waals surface area contributed by atoms with Crippen LogP contribution in [0.1, 0.15) is 37.7 Å². The lowest BCUT2D eigenvalue weighted by Gasteiger charge is -2.19. The molecule has 0 saturated carbocycles. The molecule has 0 spiro atoms. The number of guanidine groups is 1. The van der Waals surface area contributed by atoms with E-state index in [1.54, 1.807) is 12.6 Å². The molecule has 3 rings (SSSR count). The molecule has 0 radical (unpaired) electrons. The highest BCUT2D eigenvalue weighted by Gasteiger charge is 2.23. The Hall–Kier alpha value is -1.57. The maximum Gasteiger partial charge on any atom is 0.246 e. The maximum absolute atomic E-state index is 12.5. The highest BCUT2D eigenvalue weighted by Crippen LogP contribution is 2.27. The first-order valence-corrected chi connectivity index (χ1v) is 9.28. The van der Waals surface area contributed by atoms with E-state index in [1.807, 2.05) is 23.1 Å². The van der Waals surface area contributed by atoms with E-state index in [-0.39, 0.29) is 36.4 Å². The van der Waals surface area contributed by atoms with Crippen LogP contribution in [0, 0.1) is 0 Å². The van der Waals surface area contributed by atoms with E-state index in [9.17, 15) is 4.79 Å². The van der Waals surface area contributed by atoms with Gasteiger partial charge in [0.1, 0.15) is 0 Å². The topological polar surface area (TPSA) is 56.7 Å². The van der Waals surface area contributed by atoms with Gasteiger partial charge in [0.2, 0.25) is 5.91 Å². The average Bonchev–Trinajstić information content (AvgIpc) is 3.09. The first-order valence-electron chi connectivity index (χ1n) is 9.28. The third-order valence-electron chi connectivity index (χ3n) is 4.94. The number of amides is 1. The van der Waals surface area contributed by atoms with Crippen LogP contribution >= 0.6 is 24.0 Å². The number of benzene rings is 1. The lowest BCUT2D eigenvalue weighted by atomic mass is 9.97. The molecule has 1 amide bonds. The lowest BCUT2D eigenvalue weighted by molar-refractivity contribution is -0.117. The van der Waals surface area contributed by atoms with Crippen LogP contribution in [-0.2, 0) is 11.2 Å². The summed E-state index contributed by atoms with van der Waals surface area (Å²) in [5.74, 6) is 0.778. The highest BCUT2D eigenvalue weighted by molar-refractivity contribution is 14.0. The second-order valence-electron chi connectivity index (χ2n) is 6.63. The minimum Gasteiger partial charge on any atom is -0.356 e. The zero-order valence-electron chi connectivity index (χ0n) is 15.5. The van der Waals surface area contributed by atoms with Crippen molar-refractivity contribution >= 4 is 41.5 Å². The predicted octanol–water partition coefficient (Wildman–Crippen LogP) is 3.25. The number of allylic oxidation sites excluding steroid dienone is 1. The third-order valence-corrected chi connectivity index (χ3v) is 4.94. The second-order valence-corrected chi connectivity index (χ2v) is 6.63. The van der Waals surface area contributed by atoms with E-state index in [1.165, 1.54) is 31.2 Å². The van der Waals surface area contributed by atoms with Gasteiger partial charge in [-0.2, -0.15) is 0 Å². The molecule has 0 bridgehead atoms. The fourth-order valence-electron chi connectivity index (χ4n) is 3.55. The van der Waals surface area contributed by atoms with Crippen LogP contribution in [0.25, 0.3) is 0 Å². The SMILES string of the molecule is CN=C(NCCC1=CCCCC1)NCC(=O)N1CCc2ccccc21.I. The van der Waals surface area contributed by atoms with Crippen molar-refractivity contribution in [3.8, 4) is 0 Å². The molecule has 5 nitrogen and oxygen atoms in total. The van der Waals surface area contributed by atoms with E-state index >= 15 is 0 Å². The minimum absolute atomic E-state index is 0. The first-order chi connectivity index (χ1) is 12.3. The molecule has 2 aliphatic rings. The van der Waals surface area contributed by atoms with Gasteiger partial charge in [-0.3, -0.25) is 9.79 Å². The summed E-state index contributed by atoms with van der Waals surface area (Å²) in [5, 5.41) is 6.45. The second kappa shape index (κ2) is 10.5. The van der Waals surface area contributed by atoms with Crippen molar-refractivity contribution in [2.24, 2.45) is 4.99 Å². The molecule has 1 aliphatic carbocycles. The Morgan fingerprint density at radius 2 is 2.04 bits per heavy atom. The largest absolute Gasteiger partial charge is 0.356 e. The molecule has 0 unspecified atom stereocenters. The Balaban J connectivity index is 0.00000243. The number of carbonyl (C=O) groups excluding carboxylic acids is 1. The van der Waals surface area contributed by atoms with Crippen LogP contribution in [0.2, 0.25) is 0 Å². The zero-order chi connectivity index (χ0) is 17.5. The summed E-state index contributed by atoms with van der Waals surface area (Å²) in [6, 6.07) is 8.12. The monoisotopic (exact) mass is 468 g/mol. The van der Waals surface area contributed by atoms with Crippen LogP contribution in [-0.4, -0.2) is 38.5 Å². The predicted molar refractivity (Wildman–Crippen MR) is 118 cm³/mol. The molecule has 1 heterocycles. The number of nitrogens with one attached hydrogen (secondary N) is 2. The third kappa shape index (κ3) is 5.46. The van der Waals surface area contributed by atoms with Crippen LogP contribution in [0.3, 0.4) is 0 Å². The van der Waals surface area contributed by atoms with E-state index in [2.05, 4.69) is 27.8 Å². The summed E-state index contributed by atoms with van der Waals surface area (Å²) in [5.41, 5.74) is 3.83. The Bertz CT molecular complexity index is 672. The van der Waals surface area contributed by atoms with Gasteiger partial charge in [0, 0.05) is 25.8 Å². The molecular weight excluding hydrogens is 439 g/mol. The highest BCUT2D eigenvalue weighted by atomic mass is 127. The number of para-hydroxylation sites is 1. The molecule has 0 fully saturated rings. The Kier molecular flexibility index (Phi) is 8.41. The Labute approximate surface area is 173 Å². The summed E-state index contributed by atoms with van der Waals surface area (Å²) < 4.78 is 0. The van der Waals surface area contributed by atoms with E-state index in [4.69, 9.17) is 0 Å². The molecule has 2 N–H and O–H groups in total. The van der Waals surface area contributed by atoms with Gasteiger partial charge in [-0.1, -0.05) is 29.8 Å². The number of hydrogen-bond acceptors (Lipinski definition) is 2. The quantitative estimate of drug-likeness (QED) is 0.302. The molecule has 1 aromatic rings. The molecule has 1 aliphatic heterocycles.